The summed E-state index contributed by atoms with van der Waals surface area (Å²) >= 11 is 0. The Morgan fingerprint density at radius 3 is 2.21 bits per heavy atom. The lowest BCUT2D eigenvalue weighted by molar-refractivity contribution is -0.131. The predicted octanol–water partition coefficient (Wildman–Crippen LogP) is 1.23. The molecule has 0 aliphatic heterocycles. The van der Waals surface area contributed by atoms with Crippen LogP contribution in [0.15, 0.2) is 4.52 Å². The van der Waals surface area contributed by atoms with Gasteiger partial charge in [0, 0.05) is 20.1 Å². The smallest absolute Gasteiger partial charge is 0.259 e. The van der Waals surface area contributed by atoms with Gasteiger partial charge in [-0.2, -0.15) is 0 Å². The van der Waals surface area contributed by atoms with Gasteiger partial charge in [0.25, 0.3) is 5.91 Å². The van der Waals surface area contributed by atoms with Gasteiger partial charge in [0.1, 0.15) is 11.3 Å². The SMILES string of the molecule is CCN(CC)C(=O)CN(C)C(=O)c1c(C)noc1C. The van der Waals surface area contributed by atoms with Crippen molar-refractivity contribution in [1.82, 2.24) is 15.0 Å². The van der Waals surface area contributed by atoms with Crippen LogP contribution in [-0.2, 0) is 4.79 Å². The zero-order valence-electron chi connectivity index (χ0n) is 12.2. The summed E-state index contributed by atoms with van der Waals surface area (Å²) in [6.07, 6.45) is 0. The lowest BCUT2D eigenvalue weighted by Crippen LogP contribution is -2.41. The molecule has 0 aromatic carbocycles. The molecule has 19 heavy (non-hydrogen) atoms. The normalized spacial score (nSPS) is 10.4. The standard InChI is InChI=1S/C13H21N3O3/c1-6-16(7-2)11(17)8-15(5)13(18)12-9(3)14-19-10(12)4/h6-8H2,1-5H3. The molecule has 0 spiro atoms. The van der Waals surface area contributed by atoms with Crippen molar-refractivity contribution in [3.63, 3.8) is 0 Å². The molecule has 0 saturated carbocycles. The van der Waals surface area contributed by atoms with Crippen LogP contribution in [0.2, 0.25) is 0 Å². The number of aryl methyl sites for hydroxylation is 2. The van der Waals surface area contributed by atoms with Gasteiger partial charge in [0.05, 0.1) is 12.2 Å². The van der Waals surface area contributed by atoms with Gasteiger partial charge in [-0.25, -0.2) is 0 Å². The number of rotatable bonds is 5. The molecule has 1 aromatic rings. The quantitative estimate of drug-likeness (QED) is 0.804. The Bertz CT molecular complexity index is 444. The Labute approximate surface area is 113 Å². The van der Waals surface area contributed by atoms with Gasteiger partial charge in [0.2, 0.25) is 5.91 Å². The Morgan fingerprint density at radius 2 is 1.79 bits per heavy atom. The Kier molecular flexibility index (Phi) is 5.09. The summed E-state index contributed by atoms with van der Waals surface area (Å²) in [4.78, 5) is 27.3. The molecule has 0 N–H and O–H groups in total. The van der Waals surface area contributed by atoms with E-state index in [1.54, 1.807) is 25.8 Å². The first-order chi connectivity index (χ1) is 8.92. The van der Waals surface area contributed by atoms with E-state index in [-0.39, 0.29) is 18.4 Å². The first-order valence-corrected chi connectivity index (χ1v) is 6.38. The number of carbonyl (C=O) groups excluding carboxylic acids is 2. The van der Waals surface area contributed by atoms with Crippen molar-refractivity contribution in [3.8, 4) is 0 Å². The van der Waals surface area contributed by atoms with Crippen molar-refractivity contribution >= 4 is 11.8 Å². The Morgan fingerprint density at radius 1 is 1.21 bits per heavy atom. The van der Waals surface area contributed by atoms with E-state index in [4.69, 9.17) is 4.52 Å². The lowest BCUT2D eigenvalue weighted by Gasteiger charge is -2.23. The van der Waals surface area contributed by atoms with Gasteiger partial charge >= 0.3 is 0 Å². The highest BCUT2D eigenvalue weighted by Crippen LogP contribution is 2.14. The van der Waals surface area contributed by atoms with Crippen LogP contribution in [0.5, 0.6) is 0 Å². The summed E-state index contributed by atoms with van der Waals surface area (Å²) in [5.74, 6) is 0.175. The molecule has 2 amide bonds. The molecule has 0 saturated heterocycles. The van der Waals surface area contributed by atoms with Crippen LogP contribution in [0, 0.1) is 13.8 Å². The van der Waals surface area contributed by atoms with E-state index in [9.17, 15) is 9.59 Å². The predicted molar refractivity (Wildman–Crippen MR) is 70.9 cm³/mol. The second kappa shape index (κ2) is 6.36. The topological polar surface area (TPSA) is 66.7 Å². The molecule has 0 unspecified atom stereocenters. The summed E-state index contributed by atoms with van der Waals surface area (Å²) in [6.45, 7) is 8.57. The fourth-order valence-corrected chi connectivity index (χ4v) is 1.93. The van der Waals surface area contributed by atoms with E-state index in [0.29, 0.717) is 30.1 Å². The minimum Gasteiger partial charge on any atom is -0.361 e. The zero-order valence-corrected chi connectivity index (χ0v) is 12.2. The average molecular weight is 267 g/mol. The fourth-order valence-electron chi connectivity index (χ4n) is 1.93. The van der Waals surface area contributed by atoms with Gasteiger partial charge in [0.15, 0.2) is 0 Å². The molecular weight excluding hydrogens is 246 g/mol. The van der Waals surface area contributed by atoms with Crippen LogP contribution >= 0.6 is 0 Å². The van der Waals surface area contributed by atoms with E-state index >= 15 is 0 Å². The van der Waals surface area contributed by atoms with Crippen molar-refractivity contribution in [2.45, 2.75) is 27.7 Å². The molecule has 0 aliphatic carbocycles. The third-order valence-corrected chi connectivity index (χ3v) is 3.08. The van der Waals surface area contributed by atoms with Crippen LogP contribution in [-0.4, -0.2) is 53.5 Å². The number of amides is 2. The van der Waals surface area contributed by atoms with Crippen LogP contribution < -0.4 is 0 Å². The monoisotopic (exact) mass is 267 g/mol. The highest BCUT2D eigenvalue weighted by atomic mass is 16.5. The van der Waals surface area contributed by atoms with Crippen LogP contribution in [0.4, 0.5) is 0 Å². The zero-order chi connectivity index (χ0) is 14.6. The Balaban J connectivity index is 2.76. The maximum absolute atomic E-state index is 12.2. The van der Waals surface area contributed by atoms with Crippen LogP contribution in [0.1, 0.15) is 35.7 Å². The third-order valence-electron chi connectivity index (χ3n) is 3.08. The minimum atomic E-state index is -0.239. The van der Waals surface area contributed by atoms with Gasteiger partial charge in [-0.3, -0.25) is 9.59 Å². The Hall–Kier alpha value is -1.85. The minimum absolute atomic E-state index is 0.0601. The first-order valence-electron chi connectivity index (χ1n) is 6.38. The highest BCUT2D eigenvalue weighted by Gasteiger charge is 2.23. The van der Waals surface area contributed by atoms with Crippen LogP contribution in [0.3, 0.4) is 0 Å². The third kappa shape index (κ3) is 3.33. The van der Waals surface area contributed by atoms with Gasteiger partial charge in [-0.1, -0.05) is 5.16 Å². The van der Waals surface area contributed by atoms with E-state index in [1.165, 1.54) is 4.90 Å². The molecule has 1 heterocycles. The summed E-state index contributed by atoms with van der Waals surface area (Å²) in [5.41, 5.74) is 0.986. The molecule has 6 nitrogen and oxygen atoms in total. The van der Waals surface area contributed by atoms with Gasteiger partial charge in [-0.15, -0.1) is 0 Å². The molecule has 0 atom stereocenters. The molecule has 106 valence electrons. The van der Waals surface area contributed by atoms with Crippen molar-refractivity contribution in [2.24, 2.45) is 0 Å². The van der Waals surface area contributed by atoms with E-state index in [0.717, 1.165) is 0 Å². The highest BCUT2D eigenvalue weighted by molar-refractivity contribution is 5.97. The average Bonchev–Trinajstić information content (AvgIpc) is 2.69. The second-order valence-electron chi connectivity index (χ2n) is 4.43. The second-order valence-corrected chi connectivity index (χ2v) is 4.43. The van der Waals surface area contributed by atoms with Gasteiger partial charge < -0.3 is 14.3 Å². The van der Waals surface area contributed by atoms with Crippen molar-refractivity contribution in [2.75, 3.05) is 26.7 Å². The molecule has 0 radical (unpaired) electrons. The largest absolute Gasteiger partial charge is 0.361 e. The molecule has 6 heteroatoms. The number of carbonyl (C=O) groups is 2. The van der Waals surface area contributed by atoms with Crippen LogP contribution in [0.25, 0.3) is 0 Å². The number of hydrogen-bond donors (Lipinski definition) is 0. The lowest BCUT2D eigenvalue weighted by atomic mass is 10.2. The molecule has 0 fully saturated rings. The summed E-state index contributed by atoms with van der Waals surface area (Å²) in [5, 5.41) is 3.75. The number of aromatic nitrogens is 1. The fraction of sp³-hybridized carbons (Fsp3) is 0.615. The van der Waals surface area contributed by atoms with Crippen molar-refractivity contribution in [3.05, 3.63) is 17.0 Å². The first kappa shape index (κ1) is 15.2. The number of likely N-dealkylation sites (N-methyl/N-ethyl adjacent to an activating group) is 2. The van der Waals surface area contributed by atoms with Crippen molar-refractivity contribution in [1.29, 1.82) is 0 Å². The molecular formula is C13H21N3O3. The summed E-state index contributed by atoms with van der Waals surface area (Å²) in [7, 11) is 1.61. The molecule has 0 aliphatic rings. The number of hydrogen-bond acceptors (Lipinski definition) is 4. The van der Waals surface area contributed by atoms with Crippen molar-refractivity contribution < 1.29 is 14.1 Å². The summed E-state index contributed by atoms with van der Waals surface area (Å²) in [6, 6.07) is 0. The molecule has 1 aromatic heterocycles. The molecule has 0 bridgehead atoms. The van der Waals surface area contributed by atoms with E-state index < -0.39 is 0 Å². The summed E-state index contributed by atoms with van der Waals surface area (Å²) < 4.78 is 4.97. The molecule has 1 rings (SSSR count). The maximum Gasteiger partial charge on any atom is 0.259 e. The maximum atomic E-state index is 12.2. The number of nitrogens with zero attached hydrogens (tertiary/aromatic N) is 3. The van der Waals surface area contributed by atoms with Gasteiger partial charge in [-0.05, 0) is 27.7 Å². The van der Waals surface area contributed by atoms with E-state index in [1.807, 2.05) is 13.8 Å². The van der Waals surface area contributed by atoms with E-state index in [2.05, 4.69) is 5.16 Å².